The number of hydrogen-bond donors (Lipinski definition) is 1. The van der Waals surface area contributed by atoms with Gasteiger partial charge in [0.2, 0.25) is 0 Å². The fourth-order valence-electron chi connectivity index (χ4n) is 1.94. The molecule has 22 heavy (non-hydrogen) atoms. The van der Waals surface area contributed by atoms with Gasteiger partial charge in [0.15, 0.2) is 16.6 Å². The van der Waals surface area contributed by atoms with Gasteiger partial charge in [-0.2, -0.15) is 0 Å². The van der Waals surface area contributed by atoms with E-state index in [1.54, 1.807) is 31.5 Å². The monoisotopic (exact) mass is 321 g/mol. The number of thiazole rings is 1. The van der Waals surface area contributed by atoms with Crippen molar-refractivity contribution < 1.29 is 14.3 Å². The molecule has 0 aliphatic rings. The summed E-state index contributed by atoms with van der Waals surface area (Å²) in [5.74, 6) is 1.44. The zero-order valence-corrected chi connectivity index (χ0v) is 13.8. The Morgan fingerprint density at radius 1 is 1.27 bits per heavy atom. The Morgan fingerprint density at radius 2 is 1.95 bits per heavy atom. The second kappa shape index (κ2) is 6.65. The molecule has 2 rings (SSSR count). The maximum absolute atomic E-state index is 11.9. The fourth-order valence-corrected chi connectivity index (χ4v) is 2.89. The van der Waals surface area contributed by atoms with Gasteiger partial charge >= 0.3 is 6.03 Å². The summed E-state index contributed by atoms with van der Waals surface area (Å²) < 4.78 is 10.5. The van der Waals surface area contributed by atoms with Gasteiger partial charge < -0.3 is 15.2 Å². The lowest BCUT2D eigenvalue weighted by molar-refractivity contribution is 0.256. The minimum atomic E-state index is -0.600. The predicted octanol–water partition coefficient (Wildman–Crippen LogP) is 3.50. The van der Waals surface area contributed by atoms with Gasteiger partial charge in [-0.15, -0.1) is 11.3 Å². The molecule has 2 amide bonds. The van der Waals surface area contributed by atoms with E-state index < -0.39 is 6.03 Å². The number of anilines is 2. The van der Waals surface area contributed by atoms with Crippen molar-refractivity contribution >= 4 is 28.2 Å². The van der Waals surface area contributed by atoms with E-state index in [1.807, 2.05) is 0 Å². The summed E-state index contributed by atoms with van der Waals surface area (Å²) >= 11 is 1.44. The molecule has 1 aromatic carbocycles. The second-order valence-electron chi connectivity index (χ2n) is 4.91. The van der Waals surface area contributed by atoms with Crippen molar-refractivity contribution in [1.29, 1.82) is 0 Å². The Morgan fingerprint density at radius 3 is 2.45 bits per heavy atom. The molecule has 0 aliphatic heterocycles. The minimum Gasteiger partial charge on any atom is -0.493 e. The zero-order chi connectivity index (χ0) is 16.3. The van der Waals surface area contributed by atoms with E-state index in [1.165, 1.54) is 23.3 Å². The number of amides is 2. The van der Waals surface area contributed by atoms with Crippen LogP contribution >= 0.6 is 11.3 Å². The van der Waals surface area contributed by atoms with Crippen LogP contribution in [-0.4, -0.2) is 25.2 Å². The maximum Gasteiger partial charge on any atom is 0.325 e. The van der Waals surface area contributed by atoms with E-state index >= 15 is 0 Å². The normalized spacial score (nSPS) is 10.6. The van der Waals surface area contributed by atoms with Crippen LogP contribution in [0.2, 0.25) is 0 Å². The highest BCUT2D eigenvalue weighted by Crippen LogP contribution is 2.36. The van der Waals surface area contributed by atoms with Gasteiger partial charge in [0.05, 0.1) is 19.9 Å². The zero-order valence-electron chi connectivity index (χ0n) is 13.0. The van der Waals surface area contributed by atoms with Crippen LogP contribution in [0.4, 0.5) is 15.6 Å². The van der Waals surface area contributed by atoms with Crippen LogP contribution in [0.1, 0.15) is 24.6 Å². The molecule has 118 valence electrons. The lowest BCUT2D eigenvalue weighted by atomic mass is 10.2. The Kier molecular flexibility index (Phi) is 4.87. The Balaban J connectivity index is 2.45. The molecule has 0 spiro atoms. The molecule has 1 heterocycles. The number of hydrogen-bond acceptors (Lipinski definition) is 5. The van der Waals surface area contributed by atoms with Gasteiger partial charge in [-0.25, -0.2) is 14.7 Å². The number of carbonyl (C=O) groups is 1. The van der Waals surface area contributed by atoms with Gasteiger partial charge in [0.1, 0.15) is 0 Å². The first kappa shape index (κ1) is 16.1. The number of rotatable bonds is 5. The van der Waals surface area contributed by atoms with Crippen LogP contribution in [0.15, 0.2) is 24.4 Å². The Labute approximate surface area is 133 Å². The van der Waals surface area contributed by atoms with Crippen LogP contribution < -0.4 is 20.1 Å². The van der Waals surface area contributed by atoms with Crippen molar-refractivity contribution in [3.8, 4) is 11.5 Å². The second-order valence-corrected chi connectivity index (χ2v) is 5.95. The van der Waals surface area contributed by atoms with E-state index in [9.17, 15) is 4.79 Å². The van der Waals surface area contributed by atoms with E-state index in [4.69, 9.17) is 15.2 Å². The number of methoxy groups -OCH3 is 2. The topological polar surface area (TPSA) is 77.7 Å². The number of primary amides is 1. The minimum absolute atomic E-state index is 0.339. The number of nitrogens with zero attached hydrogens (tertiary/aromatic N) is 2. The standard InChI is InChI=1S/C15H19N3O3S/c1-9(2)13-8-17-15(22-13)18(14(16)19)10-5-6-11(20-3)12(7-10)21-4/h5-9H,1-4H3,(H2,16,19). The molecule has 0 saturated heterocycles. The van der Waals surface area contributed by atoms with Gasteiger partial charge in [0.25, 0.3) is 0 Å². The molecule has 6 nitrogen and oxygen atoms in total. The number of benzene rings is 1. The van der Waals surface area contributed by atoms with Crippen LogP contribution in [0.5, 0.6) is 11.5 Å². The van der Waals surface area contributed by atoms with Crippen molar-refractivity contribution in [2.75, 3.05) is 19.1 Å². The highest BCUT2D eigenvalue weighted by Gasteiger charge is 2.21. The maximum atomic E-state index is 11.9. The summed E-state index contributed by atoms with van der Waals surface area (Å²) in [5, 5.41) is 0.531. The number of carbonyl (C=O) groups excluding carboxylic acids is 1. The summed E-state index contributed by atoms with van der Waals surface area (Å²) in [6.07, 6.45) is 1.77. The molecule has 1 aromatic heterocycles. The molecular formula is C15H19N3O3S. The van der Waals surface area contributed by atoms with Crippen molar-refractivity contribution in [3.05, 3.63) is 29.3 Å². The Bertz CT molecular complexity index is 670. The van der Waals surface area contributed by atoms with Crippen molar-refractivity contribution in [3.63, 3.8) is 0 Å². The molecule has 2 N–H and O–H groups in total. The van der Waals surface area contributed by atoms with Crippen molar-refractivity contribution in [2.45, 2.75) is 19.8 Å². The lowest BCUT2D eigenvalue weighted by Gasteiger charge is -2.19. The molecule has 0 atom stereocenters. The number of ether oxygens (including phenoxy) is 2. The summed E-state index contributed by atoms with van der Waals surface area (Å²) in [5.41, 5.74) is 6.11. The average Bonchev–Trinajstić information content (AvgIpc) is 2.96. The molecule has 0 radical (unpaired) electrons. The van der Waals surface area contributed by atoms with E-state index in [-0.39, 0.29) is 0 Å². The summed E-state index contributed by atoms with van der Waals surface area (Å²) in [7, 11) is 3.09. The highest BCUT2D eigenvalue weighted by molar-refractivity contribution is 7.15. The third-order valence-corrected chi connectivity index (χ3v) is 4.40. The molecule has 0 bridgehead atoms. The van der Waals surface area contributed by atoms with Gasteiger partial charge in [-0.1, -0.05) is 13.8 Å². The predicted molar refractivity (Wildman–Crippen MR) is 87.5 cm³/mol. The van der Waals surface area contributed by atoms with Crippen molar-refractivity contribution in [2.24, 2.45) is 5.73 Å². The molecule has 0 aliphatic carbocycles. The first-order valence-corrected chi connectivity index (χ1v) is 7.56. The third kappa shape index (κ3) is 3.14. The van der Waals surface area contributed by atoms with Crippen LogP contribution in [0.3, 0.4) is 0 Å². The quantitative estimate of drug-likeness (QED) is 0.914. The molecule has 0 fully saturated rings. The van der Waals surface area contributed by atoms with Gasteiger partial charge in [-0.05, 0) is 18.1 Å². The van der Waals surface area contributed by atoms with Crippen LogP contribution in [0.25, 0.3) is 0 Å². The number of aromatic nitrogens is 1. The van der Waals surface area contributed by atoms with Gasteiger partial charge in [0, 0.05) is 17.1 Å². The molecule has 0 unspecified atom stereocenters. The van der Waals surface area contributed by atoms with Crippen LogP contribution in [-0.2, 0) is 0 Å². The highest BCUT2D eigenvalue weighted by atomic mass is 32.1. The first-order chi connectivity index (χ1) is 10.5. The summed E-state index contributed by atoms with van der Waals surface area (Å²) in [4.78, 5) is 18.6. The van der Waals surface area contributed by atoms with Gasteiger partial charge in [-0.3, -0.25) is 0 Å². The summed E-state index contributed by atoms with van der Waals surface area (Å²) in [6.45, 7) is 4.14. The number of nitrogens with two attached hydrogens (primary N) is 1. The van der Waals surface area contributed by atoms with Crippen LogP contribution in [0, 0.1) is 0 Å². The largest absolute Gasteiger partial charge is 0.493 e. The first-order valence-electron chi connectivity index (χ1n) is 6.75. The smallest absolute Gasteiger partial charge is 0.325 e. The lowest BCUT2D eigenvalue weighted by Crippen LogP contribution is -2.31. The molecule has 0 saturated carbocycles. The SMILES string of the molecule is COc1ccc(N(C(N)=O)c2ncc(C(C)C)s2)cc1OC. The Hall–Kier alpha value is -2.28. The van der Waals surface area contributed by atoms with Crippen molar-refractivity contribution in [1.82, 2.24) is 4.98 Å². The third-order valence-electron chi connectivity index (χ3n) is 3.12. The summed E-state index contributed by atoms with van der Waals surface area (Å²) in [6, 6.07) is 4.56. The fraction of sp³-hybridized carbons (Fsp3) is 0.333. The van der Waals surface area contributed by atoms with E-state index in [2.05, 4.69) is 18.8 Å². The molecule has 2 aromatic rings. The molecule has 7 heteroatoms. The van der Waals surface area contributed by atoms with E-state index in [0.29, 0.717) is 28.2 Å². The van der Waals surface area contributed by atoms with E-state index in [0.717, 1.165) is 4.88 Å². The average molecular weight is 321 g/mol. The number of urea groups is 1. The molecular weight excluding hydrogens is 302 g/mol.